The number of benzene rings is 1. The van der Waals surface area contributed by atoms with Crippen molar-refractivity contribution in [1.82, 2.24) is 10.3 Å². The summed E-state index contributed by atoms with van der Waals surface area (Å²) in [6, 6.07) is 12.4. The van der Waals surface area contributed by atoms with E-state index in [1.54, 1.807) is 30.5 Å². The molecule has 0 saturated carbocycles. The van der Waals surface area contributed by atoms with Gasteiger partial charge in [-0.15, -0.1) is 0 Å². The minimum absolute atomic E-state index is 0.160. The summed E-state index contributed by atoms with van der Waals surface area (Å²) < 4.78 is 25.4. The number of sulfonamides is 1. The molecule has 24 heavy (non-hydrogen) atoms. The van der Waals surface area contributed by atoms with E-state index in [0.29, 0.717) is 37.2 Å². The Labute approximate surface area is 141 Å². The second-order valence-corrected chi connectivity index (χ2v) is 7.63. The Morgan fingerprint density at radius 2 is 2.08 bits per heavy atom. The Balaban J connectivity index is 1.64. The lowest BCUT2D eigenvalue weighted by Crippen LogP contribution is -2.27. The maximum Gasteiger partial charge on any atom is 0.251 e. The number of carbonyl (C=O) groups excluding carboxylic acids is 1. The van der Waals surface area contributed by atoms with Crippen LogP contribution in [0, 0.1) is 0 Å². The number of rotatable bonds is 5. The zero-order chi connectivity index (χ0) is 17.0. The molecule has 2 aromatic rings. The van der Waals surface area contributed by atoms with Gasteiger partial charge in [-0.2, -0.15) is 0 Å². The molecule has 0 aliphatic carbocycles. The fourth-order valence-corrected chi connectivity index (χ4v) is 4.24. The van der Waals surface area contributed by atoms with Gasteiger partial charge in [0.25, 0.3) is 5.91 Å². The predicted molar refractivity (Wildman–Crippen MR) is 92.5 cm³/mol. The number of hydrogen-bond donors (Lipinski definition) is 1. The lowest BCUT2D eigenvalue weighted by molar-refractivity contribution is 0.0954. The van der Waals surface area contributed by atoms with E-state index in [0.717, 1.165) is 5.69 Å². The van der Waals surface area contributed by atoms with E-state index in [-0.39, 0.29) is 11.7 Å². The molecule has 7 heteroatoms. The normalized spacial score (nSPS) is 16.1. The summed E-state index contributed by atoms with van der Waals surface area (Å²) in [7, 11) is -3.24. The Morgan fingerprint density at radius 1 is 1.21 bits per heavy atom. The molecule has 1 aliphatic heterocycles. The zero-order valence-corrected chi connectivity index (χ0v) is 14.0. The molecule has 1 aromatic heterocycles. The minimum atomic E-state index is -3.24. The van der Waals surface area contributed by atoms with Crippen LogP contribution < -0.4 is 9.62 Å². The highest BCUT2D eigenvalue weighted by Crippen LogP contribution is 2.24. The molecule has 1 saturated heterocycles. The molecular formula is C17H19N3O3S. The first kappa shape index (κ1) is 16.4. The van der Waals surface area contributed by atoms with Crippen LogP contribution in [0.15, 0.2) is 48.7 Å². The molecule has 2 heterocycles. The molecule has 6 nitrogen and oxygen atoms in total. The Bertz CT molecular complexity index is 822. The molecule has 0 radical (unpaired) electrons. The summed E-state index contributed by atoms with van der Waals surface area (Å²) in [4.78, 5) is 16.5. The van der Waals surface area contributed by atoms with Crippen molar-refractivity contribution in [1.29, 1.82) is 0 Å². The van der Waals surface area contributed by atoms with Crippen molar-refractivity contribution in [3.63, 3.8) is 0 Å². The van der Waals surface area contributed by atoms with Crippen molar-refractivity contribution in [2.24, 2.45) is 0 Å². The van der Waals surface area contributed by atoms with Crippen LogP contribution >= 0.6 is 0 Å². The average Bonchev–Trinajstić information content (AvgIpc) is 2.95. The van der Waals surface area contributed by atoms with Crippen LogP contribution in [0.3, 0.4) is 0 Å². The van der Waals surface area contributed by atoms with E-state index in [1.165, 1.54) is 4.31 Å². The summed E-state index contributed by atoms with van der Waals surface area (Å²) in [5, 5.41) is 2.84. The van der Waals surface area contributed by atoms with Crippen molar-refractivity contribution >= 4 is 21.6 Å². The molecule has 0 bridgehead atoms. The van der Waals surface area contributed by atoms with Crippen LogP contribution in [0.4, 0.5) is 5.69 Å². The van der Waals surface area contributed by atoms with E-state index in [9.17, 15) is 13.2 Å². The van der Waals surface area contributed by atoms with Crippen molar-refractivity contribution in [2.45, 2.75) is 12.8 Å². The SMILES string of the molecule is O=C(NCCc1ccccn1)c1cccc(N2CCCS2(=O)=O)c1. The third-order valence-electron chi connectivity index (χ3n) is 3.89. The number of nitrogens with zero attached hydrogens (tertiary/aromatic N) is 2. The van der Waals surface area contributed by atoms with E-state index >= 15 is 0 Å². The Kier molecular flexibility index (Phi) is 4.80. The highest BCUT2D eigenvalue weighted by Gasteiger charge is 2.28. The second-order valence-electron chi connectivity index (χ2n) is 5.62. The highest BCUT2D eigenvalue weighted by atomic mass is 32.2. The van der Waals surface area contributed by atoms with Gasteiger partial charge in [-0.1, -0.05) is 12.1 Å². The van der Waals surface area contributed by atoms with Gasteiger partial charge in [0.2, 0.25) is 10.0 Å². The molecule has 1 aromatic carbocycles. The van der Waals surface area contributed by atoms with Gasteiger partial charge in [-0.3, -0.25) is 14.1 Å². The van der Waals surface area contributed by atoms with Crippen molar-refractivity contribution in [3.8, 4) is 0 Å². The maximum absolute atomic E-state index is 12.3. The largest absolute Gasteiger partial charge is 0.352 e. The monoisotopic (exact) mass is 345 g/mol. The van der Waals surface area contributed by atoms with Crippen molar-refractivity contribution in [2.75, 3.05) is 23.1 Å². The van der Waals surface area contributed by atoms with Gasteiger partial charge in [0.15, 0.2) is 0 Å². The first-order valence-electron chi connectivity index (χ1n) is 7.85. The lowest BCUT2D eigenvalue weighted by Gasteiger charge is -2.17. The van der Waals surface area contributed by atoms with Crippen LogP contribution in [-0.2, 0) is 16.4 Å². The van der Waals surface area contributed by atoms with Gasteiger partial charge in [0.05, 0.1) is 11.4 Å². The number of anilines is 1. The third-order valence-corrected chi connectivity index (χ3v) is 5.76. The van der Waals surface area contributed by atoms with Crippen LogP contribution in [0.2, 0.25) is 0 Å². The van der Waals surface area contributed by atoms with Gasteiger partial charge in [-0.05, 0) is 36.8 Å². The summed E-state index contributed by atoms with van der Waals surface area (Å²) in [5.74, 6) is -0.0580. The predicted octanol–water partition coefficient (Wildman–Crippen LogP) is 1.59. The smallest absolute Gasteiger partial charge is 0.251 e. The van der Waals surface area contributed by atoms with Gasteiger partial charge < -0.3 is 5.32 Å². The molecule has 0 unspecified atom stereocenters. The molecule has 1 fully saturated rings. The van der Waals surface area contributed by atoms with E-state index in [1.807, 2.05) is 18.2 Å². The molecule has 1 aliphatic rings. The topological polar surface area (TPSA) is 79.4 Å². The van der Waals surface area contributed by atoms with Gasteiger partial charge in [0, 0.05) is 37.0 Å². The average molecular weight is 345 g/mol. The minimum Gasteiger partial charge on any atom is -0.352 e. The lowest BCUT2D eigenvalue weighted by atomic mass is 10.2. The zero-order valence-electron chi connectivity index (χ0n) is 13.2. The van der Waals surface area contributed by atoms with Crippen LogP contribution in [-0.4, -0.2) is 38.2 Å². The molecule has 1 amide bonds. The van der Waals surface area contributed by atoms with E-state index in [2.05, 4.69) is 10.3 Å². The fourth-order valence-electron chi connectivity index (χ4n) is 2.68. The first-order valence-corrected chi connectivity index (χ1v) is 9.46. The van der Waals surface area contributed by atoms with Gasteiger partial charge >= 0.3 is 0 Å². The maximum atomic E-state index is 12.3. The molecule has 1 N–H and O–H groups in total. The van der Waals surface area contributed by atoms with Gasteiger partial charge in [-0.25, -0.2) is 8.42 Å². The molecule has 126 valence electrons. The van der Waals surface area contributed by atoms with Crippen LogP contribution in [0.1, 0.15) is 22.5 Å². The summed E-state index contributed by atoms with van der Waals surface area (Å²) in [5.41, 5.74) is 1.91. The van der Waals surface area contributed by atoms with Crippen LogP contribution in [0.25, 0.3) is 0 Å². The summed E-state index contributed by atoms with van der Waals surface area (Å²) in [6.07, 6.45) is 2.98. The Morgan fingerprint density at radius 3 is 2.79 bits per heavy atom. The highest BCUT2D eigenvalue weighted by molar-refractivity contribution is 7.93. The second kappa shape index (κ2) is 7.00. The fraction of sp³-hybridized carbons (Fsp3) is 0.294. The van der Waals surface area contributed by atoms with Crippen molar-refractivity contribution in [3.05, 3.63) is 59.9 Å². The van der Waals surface area contributed by atoms with E-state index < -0.39 is 10.0 Å². The quantitative estimate of drug-likeness (QED) is 0.892. The third kappa shape index (κ3) is 3.73. The number of amides is 1. The standard InChI is InChI=1S/C17H19N3O3S/c21-17(19-10-8-15-6-1-2-9-18-15)14-5-3-7-16(13-14)20-11-4-12-24(20,22)23/h1-3,5-7,9,13H,4,8,10-12H2,(H,19,21). The van der Waals surface area contributed by atoms with E-state index in [4.69, 9.17) is 0 Å². The number of carbonyl (C=O) groups is 1. The number of hydrogen-bond acceptors (Lipinski definition) is 4. The first-order chi connectivity index (χ1) is 11.6. The van der Waals surface area contributed by atoms with Gasteiger partial charge in [0.1, 0.15) is 0 Å². The summed E-state index contributed by atoms with van der Waals surface area (Å²) >= 11 is 0. The van der Waals surface area contributed by atoms with Crippen molar-refractivity contribution < 1.29 is 13.2 Å². The number of aromatic nitrogens is 1. The summed E-state index contributed by atoms with van der Waals surface area (Å²) in [6.45, 7) is 0.940. The molecule has 0 spiro atoms. The molecule has 3 rings (SSSR count). The number of nitrogens with one attached hydrogen (secondary N) is 1. The molecular weight excluding hydrogens is 326 g/mol. The van der Waals surface area contributed by atoms with Crippen LogP contribution in [0.5, 0.6) is 0 Å². The number of pyridine rings is 1. The Hall–Kier alpha value is -2.41. The molecule has 0 atom stereocenters.